The third kappa shape index (κ3) is 0.906. The van der Waals surface area contributed by atoms with E-state index in [2.05, 4.69) is 0 Å². The first kappa shape index (κ1) is 6.68. The lowest BCUT2D eigenvalue weighted by Crippen LogP contribution is -2.28. The highest BCUT2D eigenvalue weighted by Crippen LogP contribution is 2.19. The molecule has 0 fully saturated rings. The maximum atomic E-state index is 5.97. The molecule has 0 radical (unpaired) electrons. The predicted octanol–water partition coefficient (Wildman–Crippen LogP) is 1.91. The Morgan fingerprint density at radius 3 is 3.09 bits per heavy atom. The van der Waals surface area contributed by atoms with Crippen molar-refractivity contribution >= 4 is 22.6 Å². The molecule has 0 saturated heterocycles. The van der Waals surface area contributed by atoms with Gasteiger partial charge in [-0.3, -0.25) is 0 Å². The minimum Gasteiger partial charge on any atom is -0.464 e. The van der Waals surface area contributed by atoms with Crippen molar-refractivity contribution in [3.8, 4) is 0 Å². The summed E-state index contributed by atoms with van der Waals surface area (Å²) in [7, 11) is 1.90. The molecule has 0 spiro atoms. The zero-order chi connectivity index (χ0) is 7.84. The molecular formula is C8H7ClNO+. The first-order valence-electron chi connectivity index (χ1n) is 3.30. The maximum Gasteiger partial charge on any atom is 0.285 e. The maximum absolute atomic E-state index is 5.97. The zero-order valence-electron chi connectivity index (χ0n) is 6.04. The number of halogens is 1. The van der Waals surface area contributed by atoms with Crippen molar-refractivity contribution in [2.75, 3.05) is 0 Å². The summed E-state index contributed by atoms with van der Waals surface area (Å²) in [5.41, 5.74) is 0.827. The van der Waals surface area contributed by atoms with Gasteiger partial charge in [-0.1, -0.05) is 0 Å². The Kier molecular flexibility index (Phi) is 1.36. The Morgan fingerprint density at radius 2 is 2.27 bits per heavy atom. The molecule has 0 aliphatic rings. The van der Waals surface area contributed by atoms with Gasteiger partial charge in [0.15, 0.2) is 6.20 Å². The number of fused-ring (bicyclic) bond motifs is 1. The van der Waals surface area contributed by atoms with Crippen LogP contribution >= 0.6 is 11.6 Å². The predicted molar refractivity (Wildman–Crippen MR) is 42.4 cm³/mol. The summed E-state index contributed by atoms with van der Waals surface area (Å²) in [5.74, 6) is 0. The Morgan fingerprint density at radius 1 is 1.45 bits per heavy atom. The van der Waals surface area contributed by atoms with Gasteiger partial charge in [0.1, 0.15) is 18.0 Å². The van der Waals surface area contributed by atoms with Crippen LogP contribution in [-0.2, 0) is 7.05 Å². The normalized spacial score (nSPS) is 10.7. The van der Waals surface area contributed by atoms with Crippen LogP contribution in [0.2, 0.25) is 5.15 Å². The third-order valence-electron chi connectivity index (χ3n) is 1.68. The second kappa shape index (κ2) is 2.24. The minimum atomic E-state index is 0.705. The second-order valence-electron chi connectivity index (χ2n) is 2.42. The van der Waals surface area contributed by atoms with Gasteiger partial charge in [-0.2, -0.15) is 4.57 Å². The first-order chi connectivity index (χ1) is 5.29. The molecule has 0 amide bonds. The van der Waals surface area contributed by atoms with E-state index in [1.807, 2.05) is 29.9 Å². The highest BCUT2D eigenvalue weighted by atomic mass is 35.5. The number of aryl methyl sites for hydroxylation is 1. The molecule has 0 N–H and O–H groups in total. The molecule has 2 rings (SSSR count). The van der Waals surface area contributed by atoms with Crippen molar-refractivity contribution in [1.29, 1.82) is 0 Å². The van der Waals surface area contributed by atoms with Crippen LogP contribution in [0.4, 0.5) is 0 Å². The Balaban J connectivity index is 2.93. The number of aromatic nitrogens is 1. The van der Waals surface area contributed by atoms with Crippen LogP contribution in [0, 0.1) is 0 Å². The van der Waals surface area contributed by atoms with Crippen LogP contribution in [0.25, 0.3) is 11.0 Å². The van der Waals surface area contributed by atoms with Gasteiger partial charge in [-0.25, -0.2) is 0 Å². The zero-order valence-corrected chi connectivity index (χ0v) is 6.80. The van der Waals surface area contributed by atoms with Crippen molar-refractivity contribution in [1.82, 2.24) is 0 Å². The van der Waals surface area contributed by atoms with Gasteiger partial charge >= 0.3 is 0 Å². The summed E-state index contributed by atoms with van der Waals surface area (Å²) >= 11 is 5.97. The van der Waals surface area contributed by atoms with E-state index in [9.17, 15) is 0 Å². The summed E-state index contributed by atoms with van der Waals surface area (Å²) in [5, 5.41) is 1.66. The van der Waals surface area contributed by atoms with Crippen molar-refractivity contribution in [2.45, 2.75) is 0 Å². The molecule has 0 bridgehead atoms. The van der Waals surface area contributed by atoms with E-state index >= 15 is 0 Å². The number of rotatable bonds is 0. The van der Waals surface area contributed by atoms with Crippen molar-refractivity contribution in [3.63, 3.8) is 0 Å². The lowest BCUT2D eigenvalue weighted by Gasteiger charge is -1.89. The van der Waals surface area contributed by atoms with Crippen LogP contribution in [0.5, 0.6) is 0 Å². The van der Waals surface area contributed by atoms with E-state index in [0.717, 1.165) is 11.0 Å². The van der Waals surface area contributed by atoms with E-state index in [1.165, 1.54) is 0 Å². The number of hydrogen-bond donors (Lipinski definition) is 0. The second-order valence-corrected chi connectivity index (χ2v) is 2.77. The number of furan rings is 1. The van der Waals surface area contributed by atoms with E-state index in [1.54, 1.807) is 6.26 Å². The van der Waals surface area contributed by atoms with Gasteiger partial charge in [-0.15, -0.1) is 0 Å². The van der Waals surface area contributed by atoms with Crippen molar-refractivity contribution in [2.24, 2.45) is 7.05 Å². The highest BCUT2D eigenvalue weighted by molar-refractivity contribution is 6.32. The van der Waals surface area contributed by atoms with Gasteiger partial charge < -0.3 is 4.42 Å². The number of hydrogen-bond acceptors (Lipinski definition) is 1. The van der Waals surface area contributed by atoms with Crippen LogP contribution in [0.1, 0.15) is 0 Å². The monoisotopic (exact) mass is 168 g/mol. The van der Waals surface area contributed by atoms with Crippen LogP contribution in [0.3, 0.4) is 0 Å². The Bertz CT molecular complexity index is 394. The fourth-order valence-electron chi connectivity index (χ4n) is 1.06. The molecule has 3 heteroatoms. The average molecular weight is 169 g/mol. The average Bonchev–Trinajstić information content (AvgIpc) is 2.45. The summed E-state index contributed by atoms with van der Waals surface area (Å²) in [6.45, 7) is 0. The standard InChI is InChI=1S/C8H7ClNO/c1-10-4-2-7-6(8(10)9)3-5-11-7/h2-5H,1H3/q+1. The summed E-state index contributed by atoms with van der Waals surface area (Å²) in [4.78, 5) is 0. The molecule has 2 heterocycles. The summed E-state index contributed by atoms with van der Waals surface area (Å²) in [6, 6.07) is 3.75. The molecular weight excluding hydrogens is 162 g/mol. The largest absolute Gasteiger partial charge is 0.464 e. The topological polar surface area (TPSA) is 17.0 Å². The summed E-state index contributed by atoms with van der Waals surface area (Å²) in [6.07, 6.45) is 3.50. The number of pyridine rings is 1. The van der Waals surface area contributed by atoms with E-state index in [4.69, 9.17) is 16.0 Å². The molecule has 2 aromatic rings. The van der Waals surface area contributed by atoms with E-state index in [0.29, 0.717) is 5.15 Å². The molecule has 0 atom stereocenters. The van der Waals surface area contributed by atoms with Crippen LogP contribution in [0.15, 0.2) is 29.0 Å². The van der Waals surface area contributed by atoms with Crippen LogP contribution < -0.4 is 4.57 Å². The smallest absolute Gasteiger partial charge is 0.285 e. The first-order valence-corrected chi connectivity index (χ1v) is 3.68. The molecule has 0 aliphatic heterocycles. The SMILES string of the molecule is C[n+]1ccc2occc2c1Cl. The van der Waals surface area contributed by atoms with E-state index < -0.39 is 0 Å². The molecule has 0 aromatic carbocycles. The van der Waals surface area contributed by atoms with E-state index in [-0.39, 0.29) is 0 Å². The molecule has 0 unspecified atom stereocenters. The molecule has 0 saturated carbocycles. The number of nitrogens with zero attached hydrogens (tertiary/aromatic N) is 1. The van der Waals surface area contributed by atoms with Crippen molar-refractivity contribution in [3.05, 3.63) is 29.7 Å². The molecule has 56 valence electrons. The molecule has 2 nitrogen and oxygen atoms in total. The quantitative estimate of drug-likeness (QED) is 0.434. The molecule has 2 aromatic heterocycles. The fraction of sp³-hybridized carbons (Fsp3) is 0.125. The molecule has 0 aliphatic carbocycles. The minimum absolute atomic E-state index is 0.705. The van der Waals surface area contributed by atoms with Gasteiger partial charge in [0.05, 0.1) is 6.26 Å². The Labute approximate surface area is 69.0 Å². The van der Waals surface area contributed by atoms with Gasteiger partial charge in [0.25, 0.3) is 5.15 Å². The van der Waals surface area contributed by atoms with Gasteiger partial charge in [-0.05, 0) is 17.7 Å². The Hall–Kier alpha value is -1.02. The lowest BCUT2D eigenvalue weighted by molar-refractivity contribution is -0.667. The van der Waals surface area contributed by atoms with Gasteiger partial charge in [0.2, 0.25) is 0 Å². The van der Waals surface area contributed by atoms with Gasteiger partial charge in [0, 0.05) is 6.07 Å². The molecule has 11 heavy (non-hydrogen) atoms. The third-order valence-corrected chi connectivity index (χ3v) is 2.15. The summed E-state index contributed by atoms with van der Waals surface area (Å²) < 4.78 is 7.00. The highest BCUT2D eigenvalue weighted by Gasteiger charge is 2.09. The lowest BCUT2D eigenvalue weighted by atomic mass is 10.3. The van der Waals surface area contributed by atoms with Crippen LogP contribution in [-0.4, -0.2) is 0 Å². The fourth-order valence-corrected chi connectivity index (χ4v) is 1.27. The van der Waals surface area contributed by atoms with Crippen molar-refractivity contribution < 1.29 is 8.98 Å².